The summed E-state index contributed by atoms with van der Waals surface area (Å²) in [5, 5.41) is 5.75. The Kier molecular flexibility index (Phi) is 5.42. The summed E-state index contributed by atoms with van der Waals surface area (Å²) >= 11 is 0. The number of hydrazone groups is 1. The third-order valence-electron chi connectivity index (χ3n) is 5.33. The average Bonchev–Trinajstić information content (AvgIpc) is 3.21. The number of piperidine rings is 1. The van der Waals surface area contributed by atoms with Crippen molar-refractivity contribution in [3.8, 4) is 0 Å². The second-order valence-electron chi connectivity index (χ2n) is 7.00. The number of rotatable bonds is 3. The Bertz CT molecular complexity index is 954. The zero-order valence-corrected chi connectivity index (χ0v) is 16.6. The van der Waals surface area contributed by atoms with Crippen LogP contribution in [0.25, 0.3) is 11.0 Å². The van der Waals surface area contributed by atoms with Crippen LogP contribution in [0.4, 0.5) is 5.95 Å². The van der Waals surface area contributed by atoms with E-state index in [4.69, 9.17) is 5.73 Å². The Balaban J connectivity index is 0.00000225. The van der Waals surface area contributed by atoms with Gasteiger partial charge >= 0.3 is 0 Å². The number of anilines is 1. The van der Waals surface area contributed by atoms with Crippen molar-refractivity contribution in [2.24, 2.45) is 16.8 Å². The van der Waals surface area contributed by atoms with Crippen LogP contribution in [0.1, 0.15) is 26.7 Å². The number of H-pyrrole nitrogens is 1. The number of benzene rings is 1. The van der Waals surface area contributed by atoms with Gasteiger partial charge in [-0.1, -0.05) is 12.1 Å². The van der Waals surface area contributed by atoms with Crippen LogP contribution in [0.15, 0.2) is 40.6 Å². The van der Waals surface area contributed by atoms with Gasteiger partial charge in [0.25, 0.3) is 5.91 Å². The number of amides is 2. The minimum atomic E-state index is -0.245. The van der Waals surface area contributed by atoms with Crippen molar-refractivity contribution in [3.05, 3.63) is 35.5 Å². The van der Waals surface area contributed by atoms with E-state index in [1.807, 2.05) is 38.1 Å². The molecule has 2 aliphatic rings. The number of nitrogens with one attached hydrogen (secondary N) is 1. The van der Waals surface area contributed by atoms with Crippen LogP contribution < -0.4 is 10.7 Å². The Labute approximate surface area is 168 Å². The summed E-state index contributed by atoms with van der Waals surface area (Å²) < 4.78 is 0. The average molecular weight is 403 g/mol. The van der Waals surface area contributed by atoms with E-state index >= 15 is 0 Å². The van der Waals surface area contributed by atoms with Crippen molar-refractivity contribution in [3.63, 3.8) is 0 Å². The van der Waals surface area contributed by atoms with Gasteiger partial charge in [0, 0.05) is 24.7 Å². The van der Waals surface area contributed by atoms with Crippen LogP contribution in [0.5, 0.6) is 0 Å². The van der Waals surface area contributed by atoms with Gasteiger partial charge in [-0.05, 0) is 38.8 Å². The standard InChI is InChI=1S/C19H22N6O2.ClH/c1-11-16(12(2)24-9-7-13(8-10-24)17(20)26)18(27)25(23-11)19-21-14-5-3-4-6-15(14)22-19;/h3-6,13H,7-10H2,1-2H3,(H2,20,26)(H,21,22);1H/b16-12-;. The predicted molar refractivity (Wildman–Crippen MR) is 110 cm³/mol. The highest BCUT2D eigenvalue weighted by molar-refractivity contribution is 6.29. The number of nitrogens with two attached hydrogens (primary N) is 1. The topological polar surface area (TPSA) is 108 Å². The smallest absolute Gasteiger partial charge is 0.285 e. The molecule has 1 aromatic carbocycles. The molecule has 0 saturated carbocycles. The van der Waals surface area contributed by atoms with Gasteiger partial charge in [-0.3, -0.25) is 9.59 Å². The molecular formula is C19H23ClN6O2. The first-order valence-corrected chi connectivity index (χ1v) is 9.05. The van der Waals surface area contributed by atoms with Gasteiger partial charge in [0.15, 0.2) is 0 Å². The number of hydrogen-bond donors (Lipinski definition) is 2. The minimum Gasteiger partial charge on any atom is -0.374 e. The monoisotopic (exact) mass is 402 g/mol. The first kappa shape index (κ1) is 19.9. The summed E-state index contributed by atoms with van der Waals surface area (Å²) in [4.78, 5) is 34.2. The third kappa shape index (κ3) is 3.35. The van der Waals surface area contributed by atoms with Gasteiger partial charge in [0.1, 0.15) is 0 Å². The molecule has 2 aliphatic heterocycles. The van der Waals surface area contributed by atoms with Crippen molar-refractivity contribution in [2.75, 3.05) is 18.1 Å². The molecular weight excluding hydrogens is 380 g/mol. The molecule has 148 valence electrons. The number of carbonyl (C=O) groups excluding carboxylic acids is 2. The van der Waals surface area contributed by atoms with Gasteiger partial charge in [-0.25, -0.2) is 4.98 Å². The maximum atomic E-state index is 13.0. The highest BCUT2D eigenvalue weighted by Crippen LogP contribution is 2.28. The molecule has 0 bridgehead atoms. The lowest BCUT2D eigenvalue weighted by molar-refractivity contribution is -0.123. The summed E-state index contributed by atoms with van der Waals surface area (Å²) in [7, 11) is 0. The fourth-order valence-corrected chi connectivity index (χ4v) is 3.76. The fraction of sp³-hybridized carbons (Fsp3) is 0.368. The maximum absolute atomic E-state index is 13.0. The van der Waals surface area contributed by atoms with E-state index < -0.39 is 0 Å². The number of likely N-dealkylation sites (tertiary alicyclic amines) is 1. The molecule has 3 heterocycles. The molecule has 8 nitrogen and oxygen atoms in total. The summed E-state index contributed by atoms with van der Waals surface area (Å²) in [5.74, 6) is -0.109. The number of aromatic amines is 1. The zero-order chi connectivity index (χ0) is 19.1. The summed E-state index contributed by atoms with van der Waals surface area (Å²) in [6, 6.07) is 7.61. The summed E-state index contributed by atoms with van der Waals surface area (Å²) in [5.41, 5.74) is 9.19. The highest BCUT2D eigenvalue weighted by Gasteiger charge is 2.34. The number of imidazole rings is 1. The van der Waals surface area contributed by atoms with Gasteiger partial charge in [-0.2, -0.15) is 10.1 Å². The molecule has 0 radical (unpaired) electrons. The van der Waals surface area contributed by atoms with Crippen molar-refractivity contribution >= 4 is 46.9 Å². The van der Waals surface area contributed by atoms with E-state index in [-0.39, 0.29) is 30.1 Å². The lowest BCUT2D eigenvalue weighted by Gasteiger charge is -2.33. The first-order chi connectivity index (χ1) is 13.0. The Morgan fingerprint density at radius 2 is 1.93 bits per heavy atom. The van der Waals surface area contributed by atoms with Crippen molar-refractivity contribution in [1.82, 2.24) is 14.9 Å². The number of halogens is 1. The van der Waals surface area contributed by atoms with E-state index in [1.54, 1.807) is 0 Å². The maximum Gasteiger partial charge on any atom is 0.285 e. The lowest BCUT2D eigenvalue weighted by atomic mass is 9.95. The van der Waals surface area contributed by atoms with Gasteiger partial charge < -0.3 is 15.6 Å². The summed E-state index contributed by atoms with van der Waals surface area (Å²) in [6.45, 7) is 5.16. The molecule has 1 saturated heterocycles. The van der Waals surface area contributed by atoms with E-state index in [2.05, 4.69) is 20.0 Å². The lowest BCUT2D eigenvalue weighted by Crippen LogP contribution is -2.38. The Hall–Kier alpha value is -2.87. The van der Waals surface area contributed by atoms with Gasteiger partial charge in [0.2, 0.25) is 11.9 Å². The predicted octanol–water partition coefficient (Wildman–Crippen LogP) is 2.18. The van der Waals surface area contributed by atoms with Crippen molar-refractivity contribution in [1.29, 1.82) is 0 Å². The summed E-state index contributed by atoms with van der Waals surface area (Å²) in [6.07, 6.45) is 1.41. The molecule has 9 heteroatoms. The molecule has 2 amide bonds. The number of primary amides is 1. The van der Waals surface area contributed by atoms with Crippen molar-refractivity contribution in [2.45, 2.75) is 26.7 Å². The second kappa shape index (κ2) is 7.63. The highest BCUT2D eigenvalue weighted by atomic mass is 35.5. The molecule has 3 N–H and O–H groups in total. The van der Waals surface area contributed by atoms with Crippen LogP contribution in [0, 0.1) is 5.92 Å². The van der Waals surface area contributed by atoms with Gasteiger partial charge in [-0.15, -0.1) is 12.4 Å². The third-order valence-corrected chi connectivity index (χ3v) is 5.33. The zero-order valence-electron chi connectivity index (χ0n) is 15.8. The van der Waals surface area contributed by atoms with Crippen LogP contribution in [-0.2, 0) is 9.59 Å². The molecule has 0 spiro atoms. The minimum absolute atomic E-state index is 0. The number of para-hydroxylation sites is 2. The number of allylic oxidation sites excluding steroid dienone is 1. The van der Waals surface area contributed by atoms with Crippen LogP contribution >= 0.6 is 12.4 Å². The van der Waals surface area contributed by atoms with E-state index in [9.17, 15) is 9.59 Å². The van der Waals surface area contributed by atoms with Gasteiger partial charge in [0.05, 0.1) is 22.3 Å². The largest absolute Gasteiger partial charge is 0.374 e. The number of fused-ring (bicyclic) bond motifs is 1. The fourth-order valence-electron chi connectivity index (χ4n) is 3.76. The van der Waals surface area contributed by atoms with Crippen LogP contribution in [0.3, 0.4) is 0 Å². The second-order valence-corrected chi connectivity index (χ2v) is 7.00. The van der Waals surface area contributed by atoms with E-state index in [1.165, 1.54) is 5.01 Å². The number of aromatic nitrogens is 2. The Morgan fingerprint density at radius 1 is 1.25 bits per heavy atom. The SMILES string of the molecule is CC1=NN(c2nc3ccccc3[nH]2)C(=O)/C1=C(/C)N1CCC(C(N)=O)CC1.Cl. The molecule has 0 unspecified atom stereocenters. The Morgan fingerprint density at radius 3 is 2.57 bits per heavy atom. The quantitative estimate of drug-likeness (QED) is 0.767. The number of hydrogen-bond acceptors (Lipinski definition) is 5. The van der Waals surface area contributed by atoms with Crippen LogP contribution in [0.2, 0.25) is 0 Å². The van der Waals surface area contributed by atoms with Crippen molar-refractivity contribution < 1.29 is 9.59 Å². The number of carbonyl (C=O) groups is 2. The van der Waals surface area contributed by atoms with E-state index in [0.717, 1.165) is 16.7 Å². The number of nitrogens with zero attached hydrogens (tertiary/aromatic N) is 4. The molecule has 28 heavy (non-hydrogen) atoms. The molecule has 0 atom stereocenters. The molecule has 0 aliphatic carbocycles. The van der Waals surface area contributed by atoms with E-state index in [0.29, 0.717) is 43.2 Å². The molecule has 1 fully saturated rings. The normalized spacial score (nSPS) is 19.6. The first-order valence-electron chi connectivity index (χ1n) is 9.05. The molecule has 1 aromatic heterocycles. The molecule has 4 rings (SSSR count). The molecule has 2 aromatic rings. The van der Waals surface area contributed by atoms with Crippen LogP contribution in [-0.4, -0.2) is 45.5 Å².